The van der Waals surface area contributed by atoms with E-state index in [9.17, 15) is 9.50 Å². The summed E-state index contributed by atoms with van der Waals surface area (Å²) in [6.07, 6.45) is -0.954. The Bertz CT molecular complexity index is 520. The Labute approximate surface area is 107 Å². The maximum atomic E-state index is 13.3. The molecule has 0 amide bonds. The number of benzene rings is 1. The monoisotopic (exact) mass is 269 g/mol. The van der Waals surface area contributed by atoms with Crippen molar-refractivity contribution in [3.05, 3.63) is 41.8 Å². The van der Waals surface area contributed by atoms with Gasteiger partial charge in [0.15, 0.2) is 5.82 Å². The van der Waals surface area contributed by atoms with Crippen molar-refractivity contribution in [3.63, 3.8) is 0 Å². The van der Waals surface area contributed by atoms with E-state index in [0.717, 1.165) is 0 Å². The third-order valence-corrected chi connectivity index (χ3v) is 3.23. The summed E-state index contributed by atoms with van der Waals surface area (Å²) >= 11 is 1.26. The number of thioether (sulfide) groups is 1. The Morgan fingerprint density at radius 3 is 2.94 bits per heavy atom. The van der Waals surface area contributed by atoms with E-state index in [0.29, 0.717) is 16.5 Å². The fraction of sp³-hybridized carbons (Fsp3) is 0.273. The van der Waals surface area contributed by atoms with Crippen molar-refractivity contribution in [3.8, 4) is 0 Å². The molecule has 0 saturated carbocycles. The van der Waals surface area contributed by atoms with Gasteiger partial charge in [0.1, 0.15) is 11.9 Å². The molecule has 7 heteroatoms. The molecule has 0 bridgehead atoms. The van der Waals surface area contributed by atoms with E-state index >= 15 is 0 Å². The number of nitrogens with two attached hydrogens (primary N) is 1. The van der Waals surface area contributed by atoms with Gasteiger partial charge in [-0.3, -0.25) is 0 Å². The first-order chi connectivity index (χ1) is 8.70. The van der Waals surface area contributed by atoms with Crippen molar-refractivity contribution in [2.45, 2.75) is 16.8 Å². The molecule has 1 aromatic carbocycles. The summed E-state index contributed by atoms with van der Waals surface area (Å²) in [4.78, 5) is 4.49. The quantitative estimate of drug-likeness (QED) is 0.800. The van der Waals surface area contributed by atoms with Gasteiger partial charge in [0.2, 0.25) is 0 Å². The van der Waals surface area contributed by atoms with Crippen LogP contribution in [0.15, 0.2) is 33.7 Å². The zero-order chi connectivity index (χ0) is 13.0. The summed E-state index contributed by atoms with van der Waals surface area (Å²) in [5, 5.41) is 13.1. The highest BCUT2D eigenvalue weighted by Crippen LogP contribution is 2.24. The van der Waals surface area contributed by atoms with Gasteiger partial charge in [-0.05, 0) is 12.1 Å². The van der Waals surface area contributed by atoms with E-state index in [4.69, 9.17) is 10.3 Å². The molecule has 1 atom stereocenters. The van der Waals surface area contributed by atoms with Crippen LogP contribution < -0.4 is 5.73 Å². The van der Waals surface area contributed by atoms with Crippen molar-refractivity contribution in [1.29, 1.82) is 0 Å². The lowest BCUT2D eigenvalue weighted by molar-refractivity contribution is 0.141. The van der Waals surface area contributed by atoms with Gasteiger partial charge < -0.3 is 15.4 Å². The summed E-state index contributed by atoms with van der Waals surface area (Å²) in [6, 6.07) is 6.45. The van der Waals surface area contributed by atoms with E-state index in [2.05, 4.69) is 10.1 Å². The molecule has 2 rings (SSSR count). The van der Waals surface area contributed by atoms with E-state index in [1.807, 2.05) is 0 Å². The third-order valence-electron chi connectivity index (χ3n) is 2.19. The van der Waals surface area contributed by atoms with Crippen molar-refractivity contribution in [2.75, 3.05) is 6.54 Å². The number of hydrogen-bond donors (Lipinski definition) is 2. The number of nitrogens with zero attached hydrogens (tertiary/aromatic N) is 2. The Morgan fingerprint density at radius 1 is 1.44 bits per heavy atom. The van der Waals surface area contributed by atoms with Crippen LogP contribution in [0.4, 0.5) is 4.39 Å². The SMILES string of the molecule is NC[C@H](O)c1nc(CSc2ccccc2F)no1. The minimum atomic E-state index is -0.954. The smallest absolute Gasteiger partial charge is 0.256 e. The number of rotatable bonds is 5. The molecule has 2 aromatic rings. The van der Waals surface area contributed by atoms with Crippen molar-refractivity contribution in [1.82, 2.24) is 10.1 Å². The third kappa shape index (κ3) is 3.06. The molecule has 0 aliphatic rings. The van der Waals surface area contributed by atoms with Crippen LogP contribution in [0, 0.1) is 5.82 Å². The lowest BCUT2D eigenvalue weighted by Crippen LogP contribution is -2.11. The molecular weight excluding hydrogens is 257 g/mol. The van der Waals surface area contributed by atoms with Gasteiger partial charge in [-0.25, -0.2) is 4.39 Å². The highest BCUT2D eigenvalue weighted by Gasteiger charge is 2.14. The van der Waals surface area contributed by atoms with Crippen molar-refractivity contribution >= 4 is 11.8 Å². The van der Waals surface area contributed by atoms with Gasteiger partial charge in [-0.15, -0.1) is 11.8 Å². The maximum Gasteiger partial charge on any atom is 0.256 e. The first kappa shape index (κ1) is 13.0. The number of halogens is 1. The van der Waals surface area contributed by atoms with E-state index in [1.54, 1.807) is 18.2 Å². The first-order valence-corrected chi connectivity index (χ1v) is 6.27. The standard InChI is InChI=1S/C11H12FN3O2S/c12-7-3-1-2-4-9(7)18-6-10-14-11(17-15-10)8(16)5-13/h1-4,8,16H,5-6,13H2/t8-/m0/s1. The summed E-state index contributed by atoms with van der Waals surface area (Å²) in [5.74, 6) is 0.558. The normalized spacial score (nSPS) is 12.6. The van der Waals surface area contributed by atoms with Gasteiger partial charge in [0.25, 0.3) is 5.89 Å². The minimum absolute atomic E-state index is 0.0160. The average molecular weight is 269 g/mol. The molecule has 0 aliphatic carbocycles. The summed E-state index contributed by atoms with van der Waals surface area (Å²) in [6.45, 7) is 0.0160. The lowest BCUT2D eigenvalue weighted by atomic mass is 10.3. The Morgan fingerprint density at radius 2 is 2.22 bits per heavy atom. The predicted molar refractivity (Wildman–Crippen MR) is 64.3 cm³/mol. The summed E-state index contributed by atoms with van der Waals surface area (Å²) < 4.78 is 18.2. The molecular formula is C11H12FN3O2S. The van der Waals surface area contributed by atoms with Gasteiger partial charge >= 0.3 is 0 Å². The molecule has 0 spiro atoms. The van der Waals surface area contributed by atoms with Gasteiger partial charge in [0, 0.05) is 11.4 Å². The zero-order valence-electron chi connectivity index (χ0n) is 9.41. The number of aliphatic hydroxyl groups excluding tert-OH is 1. The molecule has 3 N–H and O–H groups in total. The Hall–Kier alpha value is -1.44. The fourth-order valence-electron chi connectivity index (χ4n) is 1.27. The molecule has 0 aliphatic heterocycles. The van der Waals surface area contributed by atoms with Gasteiger partial charge in [-0.2, -0.15) is 4.98 Å². The van der Waals surface area contributed by atoms with E-state index in [1.165, 1.54) is 17.8 Å². The van der Waals surface area contributed by atoms with Crippen LogP contribution >= 0.6 is 11.8 Å². The number of aromatic nitrogens is 2. The first-order valence-electron chi connectivity index (χ1n) is 5.28. The maximum absolute atomic E-state index is 13.3. The second-order valence-corrected chi connectivity index (χ2v) is 4.54. The molecule has 0 saturated heterocycles. The Balaban J connectivity index is 1.98. The molecule has 0 unspecified atom stereocenters. The summed E-state index contributed by atoms with van der Waals surface area (Å²) in [5.41, 5.74) is 5.27. The van der Waals surface area contributed by atoms with Crippen LogP contribution in [0.2, 0.25) is 0 Å². The second kappa shape index (κ2) is 5.94. The fourth-order valence-corrected chi connectivity index (χ4v) is 2.05. The van der Waals surface area contributed by atoms with Gasteiger partial charge in [-0.1, -0.05) is 17.3 Å². The molecule has 96 valence electrons. The van der Waals surface area contributed by atoms with Crippen LogP contribution in [0.1, 0.15) is 17.8 Å². The highest BCUT2D eigenvalue weighted by molar-refractivity contribution is 7.98. The zero-order valence-corrected chi connectivity index (χ0v) is 10.2. The van der Waals surface area contributed by atoms with Crippen molar-refractivity contribution in [2.24, 2.45) is 5.73 Å². The molecule has 18 heavy (non-hydrogen) atoms. The van der Waals surface area contributed by atoms with Crippen LogP contribution in [0.5, 0.6) is 0 Å². The molecule has 0 radical (unpaired) electrons. The topological polar surface area (TPSA) is 85.2 Å². The minimum Gasteiger partial charge on any atom is -0.382 e. The predicted octanol–water partition coefficient (Wildman–Crippen LogP) is 1.49. The highest BCUT2D eigenvalue weighted by atomic mass is 32.2. The largest absolute Gasteiger partial charge is 0.382 e. The average Bonchev–Trinajstić information content (AvgIpc) is 2.86. The van der Waals surface area contributed by atoms with Crippen molar-refractivity contribution < 1.29 is 14.0 Å². The van der Waals surface area contributed by atoms with E-state index in [-0.39, 0.29) is 18.3 Å². The molecule has 1 heterocycles. The molecule has 0 fully saturated rings. The van der Waals surface area contributed by atoms with E-state index < -0.39 is 6.10 Å². The lowest BCUT2D eigenvalue weighted by Gasteiger charge is -1.99. The molecule has 5 nitrogen and oxygen atoms in total. The van der Waals surface area contributed by atoms with Crippen LogP contribution in [-0.2, 0) is 5.75 Å². The van der Waals surface area contributed by atoms with Gasteiger partial charge in [0.05, 0.1) is 5.75 Å². The Kier molecular flexibility index (Phi) is 4.29. The van der Waals surface area contributed by atoms with Crippen LogP contribution in [0.25, 0.3) is 0 Å². The number of aliphatic hydroxyl groups is 1. The summed E-state index contributed by atoms with van der Waals surface area (Å²) in [7, 11) is 0. The second-order valence-electron chi connectivity index (χ2n) is 3.52. The number of hydrogen-bond acceptors (Lipinski definition) is 6. The van der Waals surface area contributed by atoms with Crippen LogP contribution in [0.3, 0.4) is 0 Å². The molecule has 1 aromatic heterocycles. The van der Waals surface area contributed by atoms with Crippen LogP contribution in [-0.4, -0.2) is 21.8 Å².